The summed E-state index contributed by atoms with van der Waals surface area (Å²) < 4.78 is 4.84. The van der Waals surface area contributed by atoms with Gasteiger partial charge in [-0.2, -0.15) is 0 Å². The van der Waals surface area contributed by atoms with E-state index in [1.165, 1.54) is 76.0 Å². The second kappa shape index (κ2) is 11.9. The normalized spacial score (nSPS) is 15.5. The maximum Gasteiger partial charge on any atom is 0.0619 e. The summed E-state index contributed by atoms with van der Waals surface area (Å²) in [6.07, 6.45) is 1.46. The van der Waals surface area contributed by atoms with E-state index in [0.717, 1.165) is 41.0 Å². The van der Waals surface area contributed by atoms with Crippen LogP contribution in [0.5, 0.6) is 0 Å². The Balaban J connectivity index is 1.12. The fraction of sp³-hybridized carbons (Fsp3) is 0.0600. The Morgan fingerprint density at radius 3 is 2.22 bits per heavy atom. The third-order valence-corrected chi connectivity index (χ3v) is 12.6. The minimum absolute atomic E-state index is 0.448. The molecule has 2 aliphatic rings. The van der Waals surface area contributed by atoms with Crippen molar-refractivity contribution in [2.45, 2.75) is 19.1 Å². The van der Waals surface area contributed by atoms with E-state index in [9.17, 15) is 0 Å². The van der Waals surface area contributed by atoms with Crippen molar-refractivity contribution in [1.29, 1.82) is 0 Å². The molecule has 10 aromatic rings. The molecule has 55 heavy (non-hydrogen) atoms. The standard InChI is InChI=1S/C50H33N4S/c1-3-13-32(14-4-1)46-45-42(26-23-33-28-29-55-49(33)45)51-50(52-46)54-44-27-24-34(30-41(44)40-25-22-31-12-7-8-17-36(31)48(40)54)37-19-11-20-39-38-18-9-10-21-43(38)53(47(37)39)35-15-5-2-6-16-35/h1-22,24-25,27-30,50H,23,26H2/q-1. The summed E-state index contributed by atoms with van der Waals surface area (Å²) in [4.78, 5) is 6.87. The number of hydrogen-bond acceptors (Lipinski definition) is 2. The van der Waals surface area contributed by atoms with Crippen LogP contribution in [0.25, 0.3) is 87.8 Å². The van der Waals surface area contributed by atoms with Gasteiger partial charge in [0.15, 0.2) is 0 Å². The van der Waals surface area contributed by atoms with E-state index in [2.05, 4.69) is 178 Å². The first-order valence-electron chi connectivity index (χ1n) is 19.0. The minimum atomic E-state index is -0.448. The van der Waals surface area contributed by atoms with Crippen LogP contribution in [0.1, 0.15) is 28.7 Å². The highest BCUT2D eigenvalue weighted by molar-refractivity contribution is 7.12. The quantitative estimate of drug-likeness (QED) is 0.173. The monoisotopic (exact) mass is 721 g/mol. The van der Waals surface area contributed by atoms with E-state index in [1.54, 1.807) is 0 Å². The molecule has 0 saturated heterocycles. The number of aryl methyl sites for hydroxylation is 1. The molecule has 260 valence electrons. The largest absolute Gasteiger partial charge is 0.645 e. The molecule has 5 heteroatoms. The Labute approximate surface area is 321 Å². The van der Waals surface area contributed by atoms with Gasteiger partial charge in [-0.25, -0.2) is 0 Å². The lowest BCUT2D eigenvalue weighted by Gasteiger charge is -2.42. The highest BCUT2D eigenvalue weighted by Gasteiger charge is 2.28. The number of allylic oxidation sites excluding steroid dienone is 1. The van der Waals surface area contributed by atoms with Gasteiger partial charge in [-0.15, -0.1) is 17.0 Å². The highest BCUT2D eigenvalue weighted by Crippen LogP contribution is 2.49. The van der Waals surface area contributed by atoms with Crippen LogP contribution in [0.2, 0.25) is 0 Å². The third-order valence-electron chi connectivity index (χ3n) is 11.6. The molecule has 0 bridgehead atoms. The van der Waals surface area contributed by atoms with Gasteiger partial charge in [0, 0.05) is 54.3 Å². The second-order valence-electron chi connectivity index (χ2n) is 14.6. The maximum atomic E-state index is 5.61. The van der Waals surface area contributed by atoms with E-state index in [4.69, 9.17) is 10.3 Å². The molecule has 1 unspecified atom stereocenters. The molecule has 1 aliphatic carbocycles. The number of nitrogens with zero attached hydrogens (tertiary/aromatic N) is 4. The van der Waals surface area contributed by atoms with Gasteiger partial charge in [0.1, 0.15) is 0 Å². The first-order chi connectivity index (χ1) is 27.3. The summed E-state index contributed by atoms with van der Waals surface area (Å²) >= 11 is 1.81. The lowest BCUT2D eigenvalue weighted by molar-refractivity contribution is 0.656. The van der Waals surface area contributed by atoms with Gasteiger partial charge < -0.3 is 14.5 Å². The van der Waals surface area contributed by atoms with Crippen LogP contribution < -0.4 is 0 Å². The zero-order chi connectivity index (χ0) is 36.0. The van der Waals surface area contributed by atoms with Gasteiger partial charge in [0.25, 0.3) is 0 Å². The number of thiophene rings is 1. The van der Waals surface area contributed by atoms with Crippen LogP contribution >= 0.6 is 11.3 Å². The average Bonchev–Trinajstić information content (AvgIpc) is 3.97. The first-order valence-corrected chi connectivity index (χ1v) is 19.9. The average molecular weight is 722 g/mol. The van der Waals surface area contributed by atoms with Crippen molar-refractivity contribution in [1.82, 2.24) is 9.13 Å². The molecule has 12 rings (SSSR count). The number of aliphatic imine (C=N–C) groups is 1. The maximum absolute atomic E-state index is 5.61. The molecule has 3 aromatic heterocycles. The van der Waals surface area contributed by atoms with Crippen LogP contribution in [-0.4, -0.2) is 14.8 Å². The third kappa shape index (κ3) is 4.54. The molecule has 1 aliphatic heterocycles. The van der Waals surface area contributed by atoms with Crippen molar-refractivity contribution in [2.24, 2.45) is 4.99 Å². The molecule has 0 fully saturated rings. The molecule has 7 aromatic carbocycles. The molecule has 4 heterocycles. The molecular formula is C50H33N4S-. The van der Waals surface area contributed by atoms with Gasteiger partial charge in [-0.05, 0) is 82.3 Å². The molecule has 0 N–H and O–H groups in total. The Kier molecular flexibility index (Phi) is 6.65. The summed E-state index contributed by atoms with van der Waals surface area (Å²) in [5, 5.41) is 15.2. The molecule has 0 radical (unpaired) electrons. The van der Waals surface area contributed by atoms with Gasteiger partial charge >= 0.3 is 0 Å². The van der Waals surface area contributed by atoms with Crippen LogP contribution in [0.4, 0.5) is 0 Å². The second-order valence-corrected chi connectivity index (χ2v) is 15.5. The van der Waals surface area contributed by atoms with Crippen molar-refractivity contribution < 1.29 is 0 Å². The highest BCUT2D eigenvalue weighted by atomic mass is 32.1. The van der Waals surface area contributed by atoms with Crippen LogP contribution in [0.15, 0.2) is 174 Å². The number of aromatic nitrogens is 2. The van der Waals surface area contributed by atoms with Crippen molar-refractivity contribution >= 4 is 82.7 Å². The van der Waals surface area contributed by atoms with Crippen molar-refractivity contribution in [3.05, 3.63) is 190 Å². The number of hydrogen-bond donors (Lipinski definition) is 0. The lowest BCUT2D eigenvalue weighted by Crippen LogP contribution is -2.20. The van der Waals surface area contributed by atoms with E-state index >= 15 is 0 Å². The number of para-hydroxylation sites is 3. The predicted molar refractivity (Wildman–Crippen MR) is 232 cm³/mol. The molecule has 1 atom stereocenters. The summed E-state index contributed by atoms with van der Waals surface area (Å²) in [6.45, 7) is 0. The summed E-state index contributed by atoms with van der Waals surface area (Å²) in [5.74, 6) is 0. The number of rotatable bonds is 4. The van der Waals surface area contributed by atoms with Gasteiger partial charge in [0.05, 0.1) is 22.8 Å². The summed E-state index contributed by atoms with van der Waals surface area (Å²) in [6, 6.07) is 59.5. The zero-order valence-corrected chi connectivity index (χ0v) is 30.7. The van der Waals surface area contributed by atoms with Crippen LogP contribution in [-0.2, 0) is 6.42 Å². The Morgan fingerprint density at radius 1 is 0.564 bits per heavy atom. The van der Waals surface area contributed by atoms with Crippen LogP contribution in [0.3, 0.4) is 0 Å². The van der Waals surface area contributed by atoms with Crippen molar-refractivity contribution in [3.8, 4) is 16.8 Å². The predicted octanol–water partition coefficient (Wildman–Crippen LogP) is 13.6. The molecule has 0 amide bonds. The molecule has 0 spiro atoms. The fourth-order valence-electron chi connectivity index (χ4n) is 9.23. The Morgan fingerprint density at radius 2 is 1.33 bits per heavy atom. The smallest absolute Gasteiger partial charge is 0.0619 e. The van der Waals surface area contributed by atoms with E-state index < -0.39 is 6.29 Å². The van der Waals surface area contributed by atoms with Crippen molar-refractivity contribution in [2.75, 3.05) is 0 Å². The fourth-order valence-corrected chi connectivity index (χ4v) is 10.3. The van der Waals surface area contributed by atoms with E-state index in [0.29, 0.717) is 0 Å². The van der Waals surface area contributed by atoms with E-state index in [-0.39, 0.29) is 0 Å². The van der Waals surface area contributed by atoms with Gasteiger partial charge in [-0.1, -0.05) is 127 Å². The number of fused-ring (bicyclic) bond motifs is 11. The van der Waals surface area contributed by atoms with Gasteiger partial charge in [-0.3, -0.25) is 4.99 Å². The number of benzene rings is 7. The Bertz CT molecular complexity index is 3230. The first kappa shape index (κ1) is 30.7. The van der Waals surface area contributed by atoms with E-state index in [1.807, 2.05) is 11.3 Å². The molecule has 4 nitrogen and oxygen atoms in total. The SMILES string of the molecule is c1ccc(C2=C3C(=NC(n4c5ccc(-c6cccc7c8ccccc8n(-c8ccccc8)c67)cc5c5ccc6ccccc6c54)[N-]2)CCc2ccsc23)cc1. The minimum Gasteiger partial charge on any atom is -0.645 e. The lowest BCUT2D eigenvalue weighted by atomic mass is 9.88. The van der Waals surface area contributed by atoms with Crippen molar-refractivity contribution in [3.63, 3.8) is 0 Å². The van der Waals surface area contributed by atoms with Crippen LogP contribution in [0, 0.1) is 0 Å². The summed E-state index contributed by atoms with van der Waals surface area (Å²) in [7, 11) is 0. The molecular weight excluding hydrogens is 689 g/mol. The van der Waals surface area contributed by atoms with Gasteiger partial charge in [0.2, 0.25) is 0 Å². The molecule has 0 saturated carbocycles. The zero-order valence-electron chi connectivity index (χ0n) is 29.9. The summed E-state index contributed by atoms with van der Waals surface area (Å²) in [5.41, 5.74) is 14.2. The Hall–Kier alpha value is -6.69. The topological polar surface area (TPSA) is 36.3 Å².